The van der Waals surface area contributed by atoms with Crippen LogP contribution in [0, 0.1) is 33.9 Å². The van der Waals surface area contributed by atoms with Gasteiger partial charge in [-0.3, -0.25) is 0 Å². The SMILES string of the molecule is [CH2-]OCC(CO[CH2-])(COCCO)COCCO.[CH2-]OCC(O)CCOCC(O)COCCO.[CH2-]OCC(O)CCOCC(O)COCCO.[Rf].[Rf].[Rf].[Rf]. The Morgan fingerprint density at radius 2 is 0.642 bits per heavy atom. The number of rotatable bonds is 34. The zero-order valence-corrected chi connectivity index (χ0v) is 57.3. The molecule has 0 spiro atoms. The van der Waals surface area contributed by atoms with Gasteiger partial charge in [-0.2, -0.15) is 0 Å². The predicted molar refractivity (Wildman–Crippen MR) is 174 cm³/mol. The molecule has 0 amide bonds. The summed E-state index contributed by atoms with van der Waals surface area (Å²) in [6.45, 7) is 3.35. The molecule has 4 unspecified atom stereocenters. The van der Waals surface area contributed by atoms with Crippen molar-refractivity contribution in [2.75, 3.05) is 132 Å². The van der Waals surface area contributed by atoms with Crippen LogP contribution in [0.3, 0.4) is 0 Å². The third-order valence-corrected chi connectivity index (χ3v) is 5.63. The molecule has 308 valence electrons. The van der Waals surface area contributed by atoms with Gasteiger partial charge in [0, 0.05) is 39.6 Å². The maximum atomic E-state index is 9.32. The Morgan fingerprint density at radius 3 is 0.906 bits per heavy atom. The molecule has 18 nitrogen and oxygen atoms in total. The molecule has 22 heteroatoms. The Labute approximate surface area is 291 Å². The average Bonchev–Trinajstić information content (AvgIpc) is 3.07. The summed E-state index contributed by atoms with van der Waals surface area (Å²) in [4.78, 5) is 0. The van der Waals surface area contributed by atoms with E-state index in [4.69, 9.17) is 58.3 Å². The van der Waals surface area contributed by atoms with Crippen molar-refractivity contribution in [1.82, 2.24) is 0 Å². The van der Waals surface area contributed by atoms with Crippen molar-refractivity contribution < 1.29 is 88.2 Å². The van der Waals surface area contributed by atoms with Crippen LogP contribution < -0.4 is 0 Å². The first-order valence-electron chi connectivity index (χ1n) is 15.8. The molecule has 0 saturated carbocycles. The maximum absolute atomic E-state index is 9.32. The molecule has 0 aliphatic carbocycles. The first-order chi connectivity index (χ1) is 23.6. The number of aliphatic hydroxyl groups is 8. The minimum Gasteiger partial charge on any atom is -0.554 e. The molecule has 0 fully saturated rings. The number of hydrogen-bond acceptors (Lipinski definition) is 18. The maximum Gasteiger partial charge on any atom is 0.101 e. The summed E-state index contributed by atoms with van der Waals surface area (Å²) in [6.07, 6.45) is -1.76. The molecular weight excluding hydrogens is 1730 g/mol. The van der Waals surface area contributed by atoms with Gasteiger partial charge < -0.3 is 88.2 Å². The van der Waals surface area contributed by atoms with E-state index in [1.165, 1.54) is 0 Å². The van der Waals surface area contributed by atoms with E-state index in [-0.39, 0.29) is 106 Å². The largest absolute Gasteiger partial charge is 0.554 e. The van der Waals surface area contributed by atoms with Crippen LogP contribution in [0.4, 0.5) is 0 Å². The zero-order chi connectivity index (χ0) is 37.4. The Morgan fingerprint density at radius 1 is 0.358 bits per heavy atom. The van der Waals surface area contributed by atoms with Crippen LogP contribution in [0.1, 0.15) is 12.8 Å². The van der Waals surface area contributed by atoms with E-state index in [1.807, 2.05) is 0 Å². The predicted octanol–water partition coefficient (Wildman–Crippen LogP) is -2.53. The Balaban J connectivity index is -0.000000115. The standard InChI is InChI=1S/C11H22O6.2C10H21O6.4Rf/c1-14-7-11(8-15-2,9-16-5-3-12)10-17-6-4-13;2*1-14-6-9(12)2-4-15-7-10(13)8-16-5-3-11;;;;/h12-13H,1-10H2;2*9-13H,1-8H2;;;;/q-2;2*-1;;;;. The number of aliphatic hydroxyl groups excluding tert-OH is 8. The first-order valence-corrected chi connectivity index (χ1v) is 15.8. The van der Waals surface area contributed by atoms with Gasteiger partial charge in [0.05, 0.1) is 110 Å². The Bertz CT molecular complexity index is 579. The zero-order valence-electron chi connectivity index (χ0n) is 31.7. The van der Waals surface area contributed by atoms with Crippen LogP contribution in [0.2, 0.25) is 0 Å². The normalized spacial score (nSPS) is 12.9. The monoisotopic (exact) mass is 1790 g/mol. The molecule has 0 aliphatic rings. The second-order valence-corrected chi connectivity index (χ2v) is 10.4. The van der Waals surface area contributed by atoms with Crippen LogP contribution in [0.5, 0.6) is 0 Å². The fraction of sp³-hybridized carbons (Fsp3) is 0.871. The third kappa shape index (κ3) is 47.3. The van der Waals surface area contributed by atoms with E-state index in [2.05, 4.69) is 37.9 Å². The van der Waals surface area contributed by atoms with Crippen LogP contribution in [0.15, 0.2) is 0 Å². The number of hydrogen-bond donors (Lipinski definition) is 8. The fourth-order valence-electron chi connectivity index (χ4n) is 3.37. The molecule has 0 bridgehead atoms. The summed E-state index contributed by atoms with van der Waals surface area (Å²) in [7, 11) is 12.9. The van der Waals surface area contributed by atoms with Gasteiger partial charge in [0.25, 0.3) is 0 Å². The minimum atomic E-state index is -0.715. The van der Waals surface area contributed by atoms with E-state index in [1.54, 1.807) is 0 Å². The summed E-state index contributed by atoms with van der Waals surface area (Å²) in [5.41, 5.74) is -0.534. The molecule has 4 atom stereocenters. The smallest absolute Gasteiger partial charge is 0.101 e. The molecule has 0 heterocycles. The van der Waals surface area contributed by atoms with Crippen LogP contribution in [0.25, 0.3) is 0 Å². The van der Waals surface area contributed by atoms with Crippen LogP contribution >= 0.6 is 0 Å². The van der Waals surface area contributed by atoms with Crippen molar-refractivity contribution >= 4 is 0 Å². The number of ether oxygens (including phenoxy) is 10. The molecule has 0 rings (SSSR count). The van der Waals surface area contributed by atoms with Gasteiger partial charge in [-0.15, -0.1) is 0 Å². The molecule has 0 radical (unpaired) electrons. The van der Waals surface area contributed by atoms with Gasteiger partial charge in [-0.05, 0) is 12.8 Å². The second kappa shape index (κ2) is 49.4. The molecular formula is C31H64O18Rf4-4. The molecule has 0 aromatic rings. The van der Waals surface area contributed by atoms with Gasteiger partial charge in [0.15, 0.2) is 0 Å². The molecule has 0 aromatic heterocycles. The summed E-state index contributed by atoms with van der Waals surface area (Å²) in [6, 6.07) is 0. The van der Waals surface area contributed by atoms with Crippen molar-refractivity contribution in [1.29, 1.82) is 0 Å². The second-order valence-electron chi connectivity index (χ2n) is 10.4. The summed E-state index contributed by atoms with van der Waals surface area (Å²) < 4.78 is 49.3. The minimum absolute atomic E-state index is 0. The van der Waals surface area contributed by atoms with E-state index in [0.717, 1.165) is 0 Å². The third-order valence-electron chi connectivity index (χ3n) is 5.63. The Hall–Kier alpha value is -4.72. The topological polar surface area (TPSA) is 254 Å². The summed E-state index contributed by atoms with van der Waals surface area (Å²) in [5, 5.41) is 71.3. The van der Waals surface area contributed by atoms with E-state index < -0.39 is 29.8 Å². The van der Waals surface area contributed by atoms with Gasteiger partial charge >= 0.3 is 0 Å². The quantitative estimate of drug-likeness (QED) is 0.0244. The van der Waals surface area contributed by atoms with Crippen molar-refractivity contribution in [3.05, 3.63) is 28.4 Å². The molecule has 0 aliphatic heterocycles. The van der Waals surface area contributed by atoms with Crippen LogP contribution in [-0.4, -0.2) is 197 Å². The van der Waals surface area contributed by atoms with Crippen LogP contribution in [-0.2, 0) is 47.4 Å². The van der Waals surface area contributed by atoms with E-state index in [0.29, 0.717) is 39.3 Å². The fourth-order valence-corrected chi connectivity index (χ4v) is 3.37. The summed E-state index contributed by atoms with van der Waals surface area (Å²) in [5.74, 6) is 0. The summed E-state index contributed by atoms with van der Waals surface area (Å²) >= 11 is 0. The van der Waals surface area contributed by atoms with Crippen molar-refractivity contribution in [2.24, 2.45) is 5.41 Å². The molecule has 0 saturated heterocycles. The first kappa shape index (κ1) is 63.3. The molecule has 53 heavy (non-hydrogen) atoms. The van der Waals surface area contributed by atoms with E-state index in [9.17, 15) is 20.4 Å². The molecule has 8 N–H and O–H groups in total. The van der Waals surface area contributed by atoms with Gasteiger partial charge in [0.2, 0.25) is 0 Å². The average molecular weight is 1790 g/mol. The molecule has 0 aromatic carbocycles. The Kier molecular flexibility index (Phi) is 59.0. The van der Waals surface area contributed by atoms with Gasteiger partial charge in [0.1, 0.15) is 12.2 Å². The van der Waals surface area contributed by atoms with Crippen molar-refractivity contribution in [3.8, 4) is 0 Å². The van der Waals surface area contributed by atoms with Gasteiger partial charge in [-0.25, -0.2) is 28.4 Å². The van der Waals surface area contributed by atoms with E-state index >= 15 is 0 Å². The van der Waals surface area contributed by atoms with Crippen molar-refractivity contribution in [3.63, 3.8) is 0 Å². The van der Waals surface area contributed by atoms with Gasteiger partial charge in [-0.1, -0.05) is 0 Å². The van der Waals surface area contributed by atoms with Crippen molar-refractivity contribution in [2.45, 2.75) is 37.3 Å².